The molecule has 1 aliphatic heterocycles. The number of hydrogen-bond acceptors (Lipinski definition) is 3. The van der Waals surface area contributed by atoms with E-state index in [9.17, 15) is 4.79 Å². The first-order valence-electron chi connectivity index (χ1n) is 8.06. The van der Waals surface area contributed by atoms with Gasteiger partial charge in [-0.15, -0.1) is 0 Å². The Balaban J connectivity index is 1.67. The topological polar surface area (TPSA) is 51.0 Å². The summed E-state index contributed by atoms with van der Waals surface area (Å²) in [4.78, 5) is 19.0. The van der Waals surface area contributed by atoms with E-state index in [-0.39, 0.29) is 11.9 Å². The van der Waals surface area contributed by atoms with Gasteiger partial charge in [0.05, 0.1) is 12.6 Å². The maximum atomic E-state index is 13.0. The first-order valence-corrected chi connectivity index (χ1v) is 8.06. The molecule has 0 aliphatic carbocycles. The molecule has 0 N–H and O–H groups in total. The van der Waals surface area contributed by atoms with Crippen molar-refractivity contribution >= 4 is 5.91 Å². The summed E-state index contributed by atoms with van der Waals surface area (Å²) in [7, 11) is 0. The molecular weight excluding hydrogens is 300 g/mol. The lowest BCUT2D eigenvalue weighted by Gasteiger charge is -2.37. The normalized spacial score (nSPS) is 16.7. The lowest BCUT2D eigenvalue weighted by Crippen LogP contribution is -2.46. The third-order valence-corrected chi connectivity index (χ3v) is 4.50. The molecule has 0 fully saturated rings. The Morgan fingerprint density at radius 1 is 1.04 bits per heavy atom. The molecule has 2 aromatic carbocycles. The van der Waals surface area contributed by atoms with E-state index in [1.807, 2.05) is 41.3 Å². The van der Waals surface area contributed by atoms with Crippen molar-refractivity contribution in [3.63, 3.8) is 0 Å². The van der Waals surface area contributed by atoms with Gasteiger partial charge in [0.15, 0.2) is 0 Å². The maximum Gasteiger partial charge on any atom is 0.254 e. The molecule has 120 valence electrons. The minimum absolute atomic E-state index is 0.0642. The summed E-state index contributed by atoms with van der Waals surface area (Å²) in [5, 5.41) is 4.20. The second-order valence-corrected chi connectivity index (χ2v) is 6.04. The number of carbonyl (C=O) groups is 1. The summed E-state index contributed by atoms with van der Waals surface area (Å²) in [5.41, 5.74) is 3.25. The summed E-state index contributed by atoms with van der Waals surface area (Å²) in [6.07, 6.45) is 4.06. The first kappa shape index (κ1) is 14.6. The van der Waals surface area contributed by atoms with Crippen molar-refractivity contribution in [3.05, 3.63) is 83.9 Å². The number of nitrogens with zero attached hydrogens (tertiary/aromatic N) is 4. The lowest BCUT2D eigenvalue weighted by atomic mass is 9.93. The van der Waals surface area contributed by atoms with Crippen LogP contribution in [0.25, 0.3) is 0 Å². The van der Waals surface area contributed by atoms with Crippen LogP contribution in [-0.2, 0) is 19.5 Å². The number of rotatable bonds is 3. The van der Waals surface area contributed by atoms with Crippen LogP contribution in [0, 0.1) is 0 Å². The zero-order chi connectivity index (χ0) is 16.4. The molecule has 1 aliphatic rings. The molecule has 3 aromatic rings. The van der Waals surface area contributed by atoms with Crippen LogP contribution >= 0.6 is 0 Å². The van der Waals surface area contributed by atoms with Crippen LogP contribution in [0.4, 0.5) is 0 Å². The van der Waals surface area contributed by atoms with E-state index in [2.05, 4.69) is 28.3 Å². The summed E-state index contributed by atoms with van der Waals surface area (Å²) in [5.74, 6) is 0.0650. The van der Waals surface area contributed by atoms with E-state index in [1.54, 1.807) is 11.0 Å². The van der Waals surface area contributed by atoms with Crippen molar-refractivity contribution in [2.45, 2.75) is 25.6 Å². The van der Waals surface area contributed by atoms with Gasteiger partial charge in [-0.25, -0.2) is 4.98 Å². The van der Waals surface area contributed by atoms with Crippen LogP contribution < -0.4 is 0 Å². The molecular formula is C19H18N4O. The van der Waals surface area contributed by atoms with Gasteiger partial charge >= 0.3 is 0 Å². The van der Waals surface area contributed by atoms with Crippen LogP contribution in [0.2, 0.25) is 0 Å². The molecule has 0 spiro atoms. The van der Waals surface area contributed by atoms with Crippen LogP contribution in [-0.4, -0.2) is 31.6 Å². The molecule has 0 unspecified atom stereocenters. The Bertz CT molecular complexity index is 830. The fourth-order valence-corrected chi connectivity index (χ4v) is 3.28. The van der Waals surface area contributed by atoms with Crippen LogP contribution in [0.5, 0.6) is 0 Å². The van der Waals surface area contributed by atoms with Gasteiger partial charge in [-0.05, 0) is 29.7 Å². The summed E-state index contributed by atoms with van der Waals surface area (Å²) >= 11 is 0. The Morgan fingerprint density at radius 3 is 2.54 bits per heavy atom. The van der Waals surface area contributed by atoms with Gasteiger partial charge in [-0.1, -0.05) is 42.5 Å². The zero-order valence-corrected chi connectivity index (χ0v) is 13.2. The summed E-state index contributed by atoms with van der Waals surface area (Å²) in [6, 6.07) is 17.9. The molecule has 0 saturated heterocycles. The van der Waals surface area contributed by atoms with Gasteiger partial charge in [0.1, 0.15) is 12.7 Å². The molecule has 0 bridgehead atoms. The summed E-state index contributed by atoms with van der Waals surface area (Å²) in [6.45, 7) is 1.27. The molecule has 5 nitrogen and oxygen atoms in total. The second-order valence-electron chi connectivity index (χ2n) is 6.04. The van der Waals surface area contributed by atoms with Gasteiger partial charge in [-0.3, -0.25) is 9.48 Å². The van der Waals surface area contributed by atoms with Crippen molar-refractivity contribution in [2.24, 2.45) is 0 Å². The van der Waals surface area contributed by atoms with Crippen molar-refractivity contribution < 1.29 is 4.79 Å². The molecule has 1 amide bonds. The van der Waals surface area contributed by atoms with E-state index in [0.717, 1.165) is 12.0 Å². The smallest absolute Gasteiger partial charge is 0.254 e. The number of aromatic nitrogens is 3. The second kappa shape index (κ2) is 6.28. The number of hydrogen-bond donors (Lipinski definition) is 0. The standard InChI is InChI=1S/C19H18N4O/c24-19(15-6-2-1-3-7-15)23-11-17-9-5-4-8-16(17)10-18(23)12-22-14-20-13-21-22/h1-9,13-14,18H,10-12H2/t18-/m0/s1. The average Bonchev–Trinajstić information content (AvgIpc) is 3.14. The first-order chi connectivity index (χ1) is 11.8. The van der Waals surface area contributed by atoms with Crippen molar-refractivity contribution in [3.8, 4) is 0 Å². The van der Waals surface area contributed by atoms with Gasteiger partial charge in [0, 0.05) is 12.1 Å². The van der Waals surface area contributed by atoms with Crippen molar-refractivity contribution in [1.82, 2.24) is 19.7 Å². The van der Waals surface area contributed by atoms with Gasteiger partial charge in [0.2, 0.25) is 0 Å². The summed E-state index contributed by atoms with van der Waals surface area (Å²) < 4.78 is 1.80. The Labute approximate surface area is 140 Å². The molecule has 1 aromatic heterocycles. The molecule has 24 heavy (non-hydrogen) atoms. The van der Waals surface area contributed by atoms with E-state index >= 15 is 0 Å². The third kappa shape index (κ3) is 2.80. The van der Waals surface area contributed by atoms with Crippen LogP contribution in [0.1, 0.15) is 21.5 Å². The number of amides is 1. The molecule has 0 saturated carbocycles. The fourth-order valence-electron chi connectivity index (χ4n) is 3.28. The Morgan fingerprint density at radius 2 is 1.79 bits per heavy atom. The number of fused-ring (bicyclic) bond motifs is 1. The van der Waals surface area contributed by atoms with Gasteiger partial charge in [-0.2, -0.15) is 5.10 Å². The number of carbonyl (C=O) groups excluding carboxylic acids is 1. The molecule has 5 heteroatoms. The highest BCUT2D eigenvalue weighted by Gasteiger charge is 2.30. The quantitative estimate of drug-likeness (QED) is 0.746. The van der Waals surface area contributed by atoms with E-state index in [1.165, 1.54) is 17.5 Å². The highest BCUT2D eigenvalue weighted by Crippen LogP contribution is 2.25. The minimum Gasteiger partial charge on any atom is -0.329 e. The maximum absolute atomic E-state index is 13.0. The molecule has 1 atom stereocenters. The fraction of sp³-hybridized carbons (Fsp3) is 0.211. The van der Waals surface area contributed by atoms with E-state index < -0.39 is 0 Å². The Kier molecular flexibility index (Phi) is 3.83. The average molecular weight is 318 g/mol. The number of benzene rings is 2. The van der Waals surface area contributed by atoms with Crippen molar-refractivity contribution in [2.75, 3.05) is 0 Å². The van der Waals surface area contributed by atoms with Gasteiger partial charge in [0.25, 0.3) is 5.91 Å². The zero-order valence-electron chi connectivity index (χ0n) is 13.2. The largest absolute Gasteiger partial charge is 0.329 e. The van der Waals surface area contributed by atoms with Crippen LogP contribution in [0.15, 0.2) is 67.3 Å². The molecule has 4 rings (SSSR count). The predicted octanol–water partition coefficient (Wildman–Crippen LogP) is 2.55. The Hall–Kier alpha value is -2.95. The van der Waals surface area contributed by atoms with E-state index in [4.69, 9.17) is 0 Å². The molecule has 2 heterocycles. The molecule has 0 radical (unpaired) electrons. The van der Waals surface area contributed by atoms with Gasteiger partial charge < -0.3 is 4.90 Å². The monoisotopic (exact) mass is 318 g/mol. The SMILES string of the molecule is O=C(c1ccccc1)N1Cc2ccccc2C[C@H]1Cn1cncn1. The third-order valence-electron chi connectivity index (χ3n) is 4.50. The minimum atomic E-state index is 0.0642. The highest BCUT2D eigenvalue weighted by molar-refractivity contribution is 5.94. The highest BCUT2D eigenvalue weighted by atomic mass is 16.2. The van der Waals surface area contributed by atoms with Crippen molar-refractivity contribution in [1.29, 1.82) is 0 Å². The van der Waals surface area contributed by atoms with E-state index in [0.29, 0.717) is 13.1 Å². The lowest BCUT2D eigenvalue weighted by molar-refractivity contribution is 0.0614. The predicted molar refractivity (Wildman–Crippen MR) is 90.3 cm³/mol. The van der Waals surface area contributed by atoms with Crippen LogP contribution in [0.3, 0.4) is 0 Å².